The van der Waals surface area contributed by atoms with Crippen LogP contribution in [0.1, 0.15) is 35.2 Å². The van der Waals surface area contributed by atoms with E-state index >= 15 is 0 Å². The topological polar surface area (TPSA) is 75.7 Å². The highest BCUT2D eigenvalue weighted by Gasteiger charge is 2.29. The summed E-state index contributed by atoms with van der Waals surface area (Å²) >= 11 is 0. The molecule has 1 N–H and O–H groups in total. The van der Waals surface area contributed by atoms with Crippen LogP contribution in [0, 0.1) is 0 Å². The quantitative estimate of drug-likeness (QED) is 0.826. The Balaban J connectivity index is 1.79. The SMILES string of the molecule is COc1cccc(CNC(=O)c2ccccc2S(=O)(=O)N2CCCCC2)c1. The van der Waals surface area contributed by atoms with Gasteiger partial charge in [0.25, 0.3) is 5.91 Å². The number of amides is 1. The molecule has 1 amide bonds. The summed E-state index contributed by atoms with van der Waals surface area (Å²) in [4.78, 5) is 12.8. The summed E-state index contributed by atoms with van der Waals surface area (Å²) in [5.74, 6) is 0.295. The van der Waals surface area contributed by atoms with Gasteiger partial charge < -0.3 is 10.1 Å². The molecule has 2 aromatic carbocycles. The third kappa shape index (κ3) is 4.48. The zero-order valence-corrected chi connectivity index (χ0v) is 16.2. The Morgan fingerprint density at radius 1 is 1.07 bits per heavy atom. The molecule has 0 saturated carbocycles. The minimum Gasteiger partial charge on any atom is -0.497 e. The first-order valence-corrected chi connectivity index (χ1v) is 10.5. The first-order valence-electron chi connectivity index (χ1n) is 9.02. The van der Waals surface area contributed by atoms with E-state index in [-0.39, 0.29) is 17.0 Å². The molecular weight excluding hydrogens is 364 g/mol. The maximum Gasteiger partial charge on any atom is 0.252 e. The maximum atomic E-state index is 13.0. The van der Waals surface area contributed by atoms with Gasteiger partial charge in [-0.05, 0) is 42.7 Å². The van der Waals surface area contributed by atoms with Crippen molar-refractivity contribution in [3.63, 3.8) is 0 Å². The molecule has 0 atom stereocenters. The van der Waals surface area contributed by atoms with Gasteiger partial charge in [0.15, 0.2) is 0 Å². The maximum absolute atomic E-state index is 13.0. The first kappa shape index (κ1) is 19.4. The first-order chi connectivity index (χ1) is 13.0. The van der Waals surface area contributed by atoms with Crippen molar-refractivity contribution in [1.29, 1.82) is 0 Å². The minimum atomic E-state index is -3.68. The van der Waals surface area contributed by atoms with Gasteiger partial charge in [0.2, 0.25) is 10.0 Å². The lowest BCUT2D eigenvalue weighted by Gasteiger charge is -2.26. The van der Waals surface area contributed by atoms with Gasteiger partial charge in [0.1, 0.15) is 5.75 Å². The van der Waals surface area contributed by atoms with Crippen molar-refractivity contribution in [2.45, 2.75) is 30.7 Å². The molecule has 0 spiro atoms. The minimum absolute atomic E-state index is 0.0649. The number of hydrogen-bond acceptors (Lipinski definition) is 4. The predicted octanol–water partition coefficient (Wildman–Crippen LogP) is 2.80. The molecule has 1 aliphatic rings. The Hall–Kier alpha value is -2.38. The van der Waals surface area contributed by atoms with Crippen LogP contribution in [0.3, 0.4) is 0 Å². The van der Waals surface area contributed by atoms with Gasteiger partial charge >= 0.3 is 0 Å². The van der Waals surface area contributed by atoms with Gasteiger partial charge in [0.05, 0.1) is 17.6 Å². The smallest absolute Gasteiger partial charge is 0.252 e. The number of carbonyl (C=O) groups excluding carboxylic acids is 1. The van der Waals surface area contributed by atoms with Crippen LogP contribution in [-0.2, 0) is 16.6 Å². The number of nitrogens with one attached hydrogen (secondary N) is 1. The van der Waals surface area contributed by atoms with Crippen LogP contribution in [0.4, 0.5) is 0 Å². The highest BCUT2D eigenvalue weighted by atomic mass is 32.2. The van der Waals surface area contributed by atoms with Crippen molar-refractivity contribution in [3.8, 4) is 5.75 Å². The van der Waals surface area contributed by atoms with Crippen molar-refractivity contribution >= 4 is 15.9 Å². The highest BCUT2D eigenvalue weighted by Crippen LogP contribution is 2.23. The molecule has 1 saturated heterocycles. The van der Waals surface area contributed by atoms with Crippen LogP contribution in [0.15, 0.2) is 53.4 Å². The third-order valence-corrected chi connectivity index (χ3v) is 6.61. The number of rotatable bonds is 6. The molecule has 0 aliphatic carbocycles. The molecule has 0 radical (unpaired) electrons. The lowest BCUT2D eigenvalue weighted by molar-refractivity contribution is 0.0947. The van der Waals surface area contributed by atoms with E-state index in [1.807, 2.05) is 24.3 Å². The highest BCUT2D eigenvalue weighted by molar-refractivity contribution is 7.89. The number of hydrogen-bond donors (Lipinski definition) is 1. The standard InChI is InChI=1S/C20H24N2O4S/c1-26-17-9-7-8-16(14-17)15-21-20(23)18-10-3-4-11-19(18)27(24,25)22-12-5-2-6-13-22/h3-4,7-11,14H,2,5-6,12-13,15H2,1H3,(H,21,23). The lowest BCUT2D eigenvalue weighted by atomic mass is 10.2. The molecule has 1 heterocycles. The van der Waals surface area contributed by atoms with Gasteiger partial charge in [-0.15, -0.1) is 0 Å². The van der Waals surface area contributed by atoms with Crippen LogP contribution in [0.25, 0.3) is 0 Å². The number of ether oxygens (including phenoxy) is 1. The second-order valence-corrected chi connectivity index (χ2v) is 8.40. The Morgan fingerprint density at radius 3 is 2.56 bits per heavy atom. The fourth-order valence-electron chi connectivity index (χ4n) is 3.18. The predicted molar refractivity (Wildman–Crippen MR) is 103 cm³/mol. The average Bonchev–Trinajstić information content (AvgIpc) is 2.72. The Bertz CT molecular complexity index is 906. The van der Waals surface area contributed by atoms with Crippen molar-refractivity contribution in [2.75, 3.05) is 20.2 Å². The van der Waals surface area contributed by atoms with Crippen molar-refractivity contribution < 1.29 is 17.9 Å². The van der Waals surface area contributed by atoms with Crippen LogP contribution < -0.4 is 10.1 Å². The summed E-state index contributed by atoms with van der Waals surface area (Å²) in [6, 6.07) is 13.8. The van der Waals surface area contributed by atoms with Gasteiger partial charge in [-0.25, -0.2) is 8.42 Å². The molecule has 1 aliphatic heterocycles. The van der Waals surface area contributed by atoms with Gasteiger partial charge in [0, 0.05) is 19.6 Å². The third-order valence-electron chi connectivity index (χ3n) is 4.65. The van der Waals surface area contributed by atoms with Crippen LogP contribution in [0.5, 0.6) is 5.75 Å². The average molecular weight is 388 g/mol. The zero-order chi connectivity index (χ0) is 19.3. The van der Waals surface area contributed by atoms with Crippen molar-refractivity contribution in [1.82, 2.24) is 9.62 Å². The van der Waals surface area contributed by atoms with Gasteiger partial charge in [-0.3, -0.25) is 4.79 Å². The molecule has 3 rings (SSSR count). The molecule has 0 aromatic heterocycles. The molecule has 1 fully saturated rings. The van der Waals surface area contributed by atoms with E-state index in [1.54, 1.807) is 25.3 Å². The van der Waals surface area contributed by atoms with E-state index in [1.165, 1.54) is 10.4 Å². The molecule has 27 heavy (non-hydrogen) atoms. The summed E-state index contributed by atoms with van der Waals surface area (Å²) < 4.78 is 32.7. The molecule has 144 valence electrons. The Morgan fingerprint density at radius 2 is 1.81 bits per heavy atom. The number of nitrogens with zero attached hydrogens (tertiary/aromatic N) is 1. The Labute approximate surface area is 160 Å². The van der Waals surface area contributed by atoms with E-state index in [2.05, 4.69) is 5.32 Å². The number of sulfonamides is 1. The number of carbonyl (C=O) groups is 1. The largest absolute Gasteiger partial charge is 0.497 e. The van der Waals surface area contributed by atoms with Gasteiger partial charge in [-0.1, -0.05) is 30.7 Å². The van der Waals surface area contributed by atoms with Crippen LogP contribution in [0.2, 0.25) is 0 Å². The van der Waals surface area contributed by atoms with Gasteiger partial charge in [-0.2, -0.15) is 4.31 Å². The molecule has 0 unspecified atom stereocenters. The summed E-state index contributed by atoms with van der Waals surface area (Å²) in [6.07, 6.45) is 2.74. The summed E-state index contributed by atoms with van der Waals surface area (Å²) in [7, 11) is -2.10. The summed E-state index contributed by atoms with van der Waals surface area (Å²) in [5.41, 5.74) is 1.05. The number of piperidine rings is 1. The second-order valence-electron chi connectivity index (χ2n) is 6.50. The molecule has 2 aromatic rings. The normalized spacial score (nSPS) is 15.3. The zero-order valence-electron chi connectivity index (χ0n) is 15.3. The monoisotopic (exact) mass is 388 g/mol. The fraction of sp³-hybridized carbons (Fsp3) is 0.350. The van der Waals surface area contributed by atoms with E-state index in [0.717, 1.165) is 24.8 Å². The van der Waals surface area contributed by atoms with E-state index in [4.69, 9.17) is 4.74 Å². The van der Waals surface area contributed by atoms with Crippen LogP contribution >= 0.6 is 0 Å². The van der Waals surface area contributed by atoms with Crippen LogP contribution in [-0.4, -0.2) is 38.8 Å². The lowest BCUT2D eigenvalue weighted by Crippen LogP contribution is -2.37. The van der Waals surface area contributed by atoms with E-state index < -0.39 is 15.9 Å². The second kappa shape index (κ2) is 8.54. The van der Waals surface area contributed by atoms with E-state index in [9.17, 15) is 13.2 Å². The van der Waals surface area contributed by atoms with Crippen molar-refractivity contribution in [3.05, 3.63) is 59.7 Å². The van der Waals surface area contributed by atoms with Crippen molar-refractivity contribution in [2.24, 2.45) is 0 Å². The Kier molecular flexibility index (Phi) is 6.13. The summed E-state index contributed by atoms with van der Waals surface area (Å²) in [6.45, 7) is 1.29. The molecular formula is C20H24N2O4S. The molecule has 7 heteroatoms. The van der Waals surface area contributed by atoms with E-state index in [0.29, 0.717) is 18.8 Å². The fourth-order valence-corrected chi connectivity index (χ4v) is 4.89. The number of benzene rings is 2. The number of methoxy groups -OCH3 is 1. The molecule has 6 nitrogen and oxygen atoms in total. The summed E-state index contributed by atoms with van der Waals surface area (Å²) in [5, 5.41) is 2.80. The molecule has 0 bridgehead atoms.